The van der Waals surface area contributed by atoms with E-state index in [1.165, 1.54) is 12.1 Å². The quantitative estimate of drug-likeness (QED) is 0.410. The molecule has 2 aromatic heterocycles. The third-order valence-corrected chi connectivity index (χ3v) is 7.15. The van der Waals surface area contributed by atoms with E-state index in [4.69, 9.17) is 16.9 Å². The summed E-state index contributed by atoms with van der Waals surface area (Å²) in [4.78, 5) is 11.4. The molecule has 2 aliphatic rings. The first-order valence-corrected chi connectivity index (χ1v) is 12.2. The van der Waals surface area contributed by atoms with E-state index in [0.29, 0.717) is 41.2 Å². The number of hydrogen-bond acceptors (Lipinski definition) is 6. The van der Waals surface area contributed by atoms with Crippen LogP contribution >= 0.6 is 0 Å². The second-order valence-electron chi connectivity index (χ2n) is 9.38. The van der Waals surface area contributed by atoms with Gasteiger partial charge in [-0.3, -0.25) is 9.97 Å². The molecule has 37 heavy (non-hydrogen) atoms. The Kier molecular flexibility index (Phi) is 5.95. The van der Waals surface area contributed by atoms with Crippen LogP contribution in [0.3, 0.4) is 0 Å². The largest absolute Gasteiger partial charge is 0.396 e. The van der Waals surface area contributed by atoms with Crippen molar-refractivity contribution in [2.75, 3.05) is 36.9 Å². The summed E-state index contributed by atoms with van der Waals surface area (Å²) in [5, 5.41) is 4.37. The number of halogens is 2. The standard InChI is InChI=1S/C29H25F2N5O/c1-2-17-5-7-34-28(27(17)32)18-3-4-24-22(13-18)29(36-9-6-25-26(16-36)37-10-8-33-25)23(15-35-24)19-11-20(30)14-21(31)12-19/h1,3-5,7,11-15,25-26,33H,6,8-10,16,32H2/t25?,26-/m1/s1. The highest BCUT2D eigenvalue weighted by Crippen LogP contribution is 2.40. The van der Waals surface area contributed by atoms with Crippen molar-refractivity contribution in [1.29, 1.82) is 0 Å². The Morgan fingerprint density at radius 3 is 2.73 bits per heavy atom. The molecule has 0 spiro atoms. The molecule has 0 radical (unpaired) electrons. The number of nitrogens with zero attached hydrogens (tertiary/aromatic N) is 3. The number of ether oxygens (including phenoxy) is 1. The summed E-state index contributed by atoms with van der Waals surface area (Å²) in [6.45, 7) is 2.87. The highest BCUT2D eigenvalue weighted by Gasteiger charge is 2.33. The van der Waals surface area contributed by atoms with E-state index in [1.807, 2.05) is 18.2 Å². The lowest BCUT2D eigenvalue weighted by molar-refractivity contribution is -0.00896. The average Bonchev–Trinajstić information content (AvgIpc) is 2.91. The van der Waals surface area contributed by atoms with Crippen molar-refractivity contribution in [3.05, 3.63) is 72.1 Å². The van der Waals surface area contributed by atoms with Gasteiger partial charge in [-0.1, -0.05) is 12.0 Å². The molecule has 4 heterocycles. The number of pyridine rings is 2. The average molecular weight is 498 g/mol. The van der Waals surface area contributed by atoms with E-state index in [0.717, 1.165) is 47.7 Å². The number of terminal acetylenes is 1. The molecule has 0 bridgehead atoms. The van der Waals surface area contributed by atoms with Crippen molar-refractivity contribution < 1.29 is 13.5 Å². The summed E-state index contributed by atoms with van der Waals surface area (Å²) in [5.41, 5.74) is 11.3. The van der Waals surface area contributed by atoms with E-state index in [2.05, 4.69) is 26.1 Å². The molecule has 2 aromatic carbocycles. The number of rotatable bonds is 3. The predicted molar refractivity (Wildman–Crippen MR) is 141 cm³/mol. The lowest BCUT2D eigenvalue weighted by atomic mass is 9.95. The third-order valence-electron chi connectivity index (χ3n) is 7.15. The molecule has 0 aliphatic carbocycles. The Balaban J connectivity index is 1.56. The number of anilines is 2. The number of nitrogen functional groups attached to an aromatic ring is 1. The number of piperidine rings is 1. The van der Waals surface area contributed by atoms with E-state index >= 15 is 0 Å². The first kappa shape index (κ1) is 23.3. The van der Waals surface area contributed by atoms with Gasteiger partial charge in [-0.25, -0.2) is 8.78 Å². The van der Waals surface area contributed by atoms with Crippen LogP contribution in [0.1, 0.15) is 12.0 Å². The van der Waals surface area contributed by atoms with Gasteiger partial charge in [-0.2, -0.15) is 0 Å². The first-order chi connectivity index (χ1) is 18.0. The molecular weight excluding hydrogens is 472 g/mol. The molecule has 0 saturated carbocycles. The lowest BCUT2D eigenvalue weighted by Gasteiger charge is -2.43. The molecule has 2 atom stereocenters. The van der Waals surface area contributed by atoms with Crippen LogP contribution in [0.4, 0.5) is 20.2 Å². The van der Waals surface area contributed by atoms with Gasteiger partial charge in [0.1, 0.15) is 11.6 Å². The second-order valence-corrected chi connectivity index (χ2v) is 9.38. The fraction of sp³-hybridized carbons (Fsp3) is 0.241. The van der Waals surface area contributed by atoms with E-state index in [1.54, 1.807) is 18.5 Å². The fourth-order valence-corrected chi connectivity index (χ4v) is 5.39. The van der Waals surface area contributed by atoms with Crippen LogP contribution in [-0.2, 0) is 4.74 Å². The van der Waals surface area contributed by atoms with Crippen LogP contribution < -0.4 is 16.0 Å². The Morgan fingerprint density at radius 1 is 1.08 bits per heavy atom. The number of fused-ring (bicyclic) bond motifs is 2. The molecule has 6 rings (SSSR count). The van der Waals surface area contributed by atoms with Crippen molar-refractivity contribution in [3.8, 4) is 34.7 Å². The van der Waals surface area contributed by atoms with Crippen molar-refractivity contribution in [1.82, 2.24) is 15.3 Å². The predicted octanol–water partition coefficient (Wildman–Crippen LogP) is 4.37. The maximum Gasteiger partial charge on any atom is 0.126 e. The van der Waals surface area contributed by atoms with Gasteiger partial charge in [-0.05, 0) is 42.3 Å². The van der Waals surface area contributed by atoms with E-state index < -0.39 is 11.6 Å². The number of nitrogens with two attached hydrogens (primary N) is 1. The van der Waals surface area contributed by atoms with Gasteiger partial charge >= 0.3 is 0 Å². The van der Waals surface area contributed by atoms with Crippen molar-refractivity contribution in [3.63, 3.8) is 0 Å². The fourth-order valence-electron chi connectivity index (χ4n) is 5.39. The van der Waals surface area contributed by atoms with Crippen molar-refractivity contribution in [2.24, 2.45) is 0 Å². The van der Waals surface area contributed by atoms with Gasteiger partial charge in [0.2, 0.25) is 0 Å². The van der Waals surface area contributed by atoms with Gasteiger partial charge < -0.3 is 20.7 Å². The Bertz CT molecular complexity index is 1530. The summed E-state index contributed by atoms with van der Waals surface area (Å²) in [7, 11) is 0. The van der Waals surface area contributed by atoms with Gasteiger partial charge in [-0.15, -0.1) is 6.42 Å². The molecule has 2 fully saturated rings. The van der Waals surface area contributed by atoms with Gasteiger partial charge in [0.05, 0.1) is 40.9 Å². The monoisotopic (exact) mass is 497 g/mol. The highest BCUT2D eigenvalue weighted by atomic mass is 19.1. The van der Waals surface area contributed by atoms with Crippen LogP contribution in [-0.4, -0.2) is 48.4 Å². The molecule has 8 heteroatoms. The zero-order chi connectivity index (χ0) is 25.5. The molecular formula is C29H25F2N5O. The second kappa shape index (κ2) is 9.43. The number of nitrogens with one attached hydrogen (secondary N) is 1. The van der Waals surface area contributed by atoms with Crippen LogP contribution in [0.15, 0.2) is 54.9 Å². The van der Waals surface area contributed by atoms with Crippen molar-refractivity contribution >= 4 is 22.3 Å². The number of hydrogen-bond donors (Lipinski definition) is 2. The minimum Gasteiger partial charge on any atom is -0.396 e. The SMILES string of the molecule is C#Cc1ccnc(-c2ccc3ncc(-c4cc(F)cc(F)c4)c(N4CCC5NCCO[C@@H]5C4)c3c2)c1N. The number of aromatic nitrogens is 2. The number of benzene rings is 2. The van der Waals surface area contributed by atoms with Crippen LogP contribution in [0.25, 0.3) is 33.3 Å². The summed E-state index contributed by atoms with van der Waals surface area (Å²) in [6.07, 6.45) is 9.83. The minimum absolute atomic E-state index is 0.00983. The maximum absolute atomic E-state index is 14.3. The van der Waals surface area contributed by atoms with Gasteiger partial charge in [0.15, 0.2) is 0 Å². The molecule has 4 aromatic rings. The van der Waals surface area contributed by atoms with Crippen LogP contribution in [0.2, 0.25) is 0 Å². The molecule has 1 unspecified atom stereocenters. The molecule has 0 amide bonds. The summed E-state index contributed by atoms with van der Waals surface area (Å²) < 4.78 is 34.6. The topological polar surface area (TPSA) is 76.3 Å². The Labute approximate surface area is 213 Å². The lowest BCUT2D eigenvalue weighted by Crippen LogP contribution is -2.57. The molecule has 3 N–H and O–H groups in total. The summed E-state index contributed by atoms with van der Waals surface area (Å²) in [5.74, 6) is 1.31. The van der Waals surface area contributed by atoms with Crippen molar-refractivity contribution in [2.45, 2.75) is 18.6 Å². The smallest absolute Gasteiger partial charge is 0.126 e. The first-order valence-electron chi connectivity index (χ1n) is 12.2. The Hall–Kier alpha value is -4.06. The highest BCUT2D eigenvalue weighted by molar-refractivity contribution is 6.02. The van der Waals surface area contributed by atoms with Crippen LogP contribution in [0, 0.1) is 24.0 Å². The normalized spacial score (nSPS) is 19.4. The zero-order valence-electron chi connectivity index (χ0n) is 20.0. The van der Waals surface area contributed by atoms with Gasteiger partial charge in [0, 0.05) is 60.6 Å². The zero-order valence-corrected chi connectivity index (χ0v) is 20.0. The van der Waals surface area contributed by atoms with E-state index in [9.17, 15) is 8.78 Å². The third kappa shape index (κ3) is 4.26. The molecule has 2 saturated heterocycles. The van der Waals surface area contributed by atoms with Crippen LogP contribution in [0.5, 0.6) is 0 Å². The number of morpholine rings is 1. The summed E-state index contributed by atoms with van der Waals surface area (Å²) in [6, 6.07) is 11.3. The molecule has 2 aliphatic heterocycles. The molecule has 186 valence electrons. The molecule has 6 nitrogen and oxygen atoms in total. The minimum atomic E-state index is -0.642. The Morgan fingerprint density at radius 2 is 1.92 bits per heavy atom. The maximum atomic E-state index is 14.3. The van der Waals surface area contributed by atoms with Gasteiger partial charge in [0.25, 0.3) is 0 Å². The van der Waals surface area contributed by atoms with E-state index in [-0.39, 0.29) is 12.1 Å². The summed E-state index contributed by atoms with van der Waals surface area (Å²) >= 11 is 0.